The first-order valence-electron chi connectivity index (χ1n) is 15.5. The standard InChI is InChI=1S/C35H32F2N4O4.C2HF3O2/c1-19(2)41(20(3)4)31-29(36)33(44-26-11-7-10-25(17-26)32(38)39)40-34(30(31)37)45-28-15-14-24(18-27(28)35(42)43)23-13-12-21-8-5-6-9-22(21)16-23;3-2(4,5)1(6)7/h5-20H,1-4H3,(H3,38,39)(H,42,43);(H,6,7). The van der Waals surface area contributed by atoms with Gasteiger partial charge in [-0.25, -0.2) is 9.59 Å². The monoisotopic (exact) mass is 724 g/mol. The van der Waals surface area contributed by atoms with Crippen LogP contribution in [0.4, 0.5) is 27.6 Å². The predicted octanol–water partition coefficient (Wildman–Crippen LogP) is 9.00. The summed E-state index contributed by atoms with van der Waals surface area (Å²) in [5.74, 6) is -7.83. The number of fused-ring (bicyclic) bond motifs is 1. The molecule has 4 aromatic carbocycles. The Morgan fingerprint density at radius 2 is 1.35 bits per heavy atom. The van der Waals surface area contributed by atoms with Gasteiger partial charge >= 0.3 is 18.1 Å². The summed E-state index contributed by atoms with van der Waals surface area (Å²) in [5.41, 5.74) is 6.63. The van der Waals surface area contributed by atoms with E-state index in [4.69, 9.17) is 30.5 Å². The van der Waals surface area contributed by atoms with E-state index < -0.39 is 47.2 Å². The summed E-state index contributed by atoms with van der Waals surface area (Å²) in [7, 11) is 0. The van der Waals surface area contributed by atoms with Crippen molar-refractivity contribution in [3.63, 3.8) is 0 Å². The summed E-state index contributed by atoms with van der Waals surface area (Å²) < 4.78 is 75.5. The van der Waals surface area contributed by atoms with Crippen LogP contribution in [0, 0.1) is 17.0 Å². The molecule has 5 N–H and O–H groups in total. The molecule has 0 atom stereocenters. The van der Waals surface area contributed by atoms with Gasteiger partial charge in [-0.3, -0.25) is 5.41 Å². The van der Waals surface area contributed by atoms with Crippen molar-refractivity contribution in [1.82, 2.24) is 4.98 Å². The molecule has 0 aliphatic heterocycles. The Balaban J connectivity index is 0.000000785. The number of carboxylic acids is 2. The van der Waals surface area contributed by atoms with E-state index >= 15 is 8.78 Å². The highest BCUT2D eigenvalue weighted by molar-refractivity contribution is 5.95. The molecule has 0 unspecified atom stereocenters. The lowest BCUT2D eigenvalue weighted by Crippen LogP contribution is -2.38. The number of aliphatic carboxylic acids is 1. The lowest BCUT2D eigenvalue weighted by atomic mass is 9.99. The summed E-state index contributed by atoms with van der Waals surface area (Å²) in [5, 5.41) is 26.9. The summed E-state index contributed by atoms with van der Waals surface area (Å²) in [6.07, 6.45) is -5.08. The number of hydrogen-bond donors (Lipinski definition) is 4. The maximum Gasteiger partial charge on any atom is 0.490 e. The number of nitrogens with one attached hydrogen (secondary N) is 1. The third kappa shape index (κ3) is 8.91. The number of aromatic nitrogens is 1. The SMILES string of the molecule is CC(C)N(c1c(F)c(Oc2cccc(C(=N)N)c2)nc(Oc2ccc(-c3ccc4ccccc4c3)cc2C(=O)O)c1F)C(C)C.O=C(O)C(F)(F)F. The number of amidine groups is 1. The molecule has 10 nitrogen and oxygen atoms in total. The molecule has 0 saturated carbocycles. The maximum absolute atomic E-state index is 16.2. The number of carbonyl (C=O) groups is 2. The van der Waals surface area contributed by atoms with E-state index in [1.807, 2.05) is 42.5 Å². The summed E-state index contributed by atoms with van der Waals surface area (Å²) >= 11 is 0. The number of nitrogens with two attached hydrogens (primary N) is 1. The van der Waals surface area contributed by atoms with Gasteiger partial charge in [0, 0.05) is 17.6 Å². The number of ether oxygens (including phenoxy) is 2. The molecule has 15 heteroatoms. The summed E-state index contributed by atoms with van der Waals surface area (Å²) in [6, 6.07) is 23.5. The molecule has 5 aromatic rings. The van der Waals surface area contributed by atoms with Crippen LogP contribution in [0.3, 0.4) is 0 Å². The molecular weight excluding hydrogens is 691 g/mol. The van der Waals surface area contributed by atoms with E-state index in [9.17, 15) is 23.1 Å². The van der Waals surface area contributed by atoms with Crippen molar-refractivity contribution in [3.8, 4) is 34.4 Å². The Labute approximate surface area is 294 Å². The smallest absolute Gasteiger partial charge is 0.478 e. The first kappa shape index (κ1) is 38.6. The van der Waals surface area contributed by atoms with Crippen LogP contribution < -0.4 is 20.1 Å². The van der Waals surface area contributed by atoms with Crippen molar-refractivity contribution in [2.24, 2.45) is 5.73 Å². The van der Waals surface area contributed by atoms with Gasteiger partial charge in [0.25, 0.3) is 11.8 Å². The number of halogens is 5. The number of aromatic carboxylic acids is 1. The van der Waals surface area contributed by atoms with Gasteiger partial charge in [-0.2, -0.15) is 26.9 Å². The molecular formula is C37H33F5N4O6. The molecule has 0 spiro atoms. The average Bonchev–Trinajstić information content (AvgIpc) is 3.08. The Morgan fingerprint density at radius 1 is 0.788 bits per heavy atom. The number of rotatable bonds is 10. The summed E-state index contributed by atoms with van der Waals surface area (Å²) in [4.78, 5) is 26.8. The minimum absolute atomic E-state index is 0.101. The third-order valence-corrected chi connectivity index (χ3v) is 7.47. The van der Waals surface area contributed by atoms with Crippen molar-refractivity contribution in [2.75, 3.05) is 4.90 Å². The fourth-order valence-electron chi connectivity index (χ4n) is 5.24. The van der Waals surface area contributed by atoms with Crippen molar-refractivity contribution >= 4 is 34.2 Å². The number of anilines is 1. The Bertz CT molecular complexity index is 2130. The van der Waals surface area contributed by atoms with Crippen LogP contribution in [0.5, 0.6) is 23.3 Å². The second-order valence-electron chi connectivity index (χ2n) is 11.8. The molecule has 0 fully saturated rings. The lowest BCUT2D eigenvalue weighted by Gasteiger charge is -2.33. The lowest BCUT2D eigenvalue weighted by molar-refractivity contribution is -0.192. The average molecular weight is 725 g/mol. The zero-order chi connectivity index (χ0) is 38.5. The fourth-order valence-corrected chi connectivity index (χ4v) is 5.24. The highest BCUT2D eigenvalue weighted by Gasteiger charge is 2.38. The maximum atomic E-state index is 16.2. The summed E-state index contributed by atoms with van der Waals surface area (Å²) in [6.45, 7) is 7.13. The van der Waals surface area contributed by atoms with Gasteiger partial charge < -0.3 is 30.3 Å². The van der Waals surface area contributed by atoms with Crippen LogP contribution in [-0.2, 0) is 4.79 Å². The first-order chi connectivity index (χ1) is 24.4. The van der Waals surface area contributed by atoms with E-state index in [0.29, 0.717) is 11.1 Å². The van der Waals surface area contributed by atoms with Crippen LogP contribution in [0.25, 0.3) is 21.9 Å². The molecule has 0 aliphatic rings. The van der Waals surface area contributed by atoms with Gasteiger partial charge in [-0.15, -0.1) is 0 Å². The molecule has 1 heterocycles. The van der Waals surface area contributed by atoms with Crippen molar-refractivity contribution in [3.05, 3.63) is 108 Å². The van der Waals surface area contributed by atoms with Gasteiger partial charge in [0.05, 0.1) is 0 Å². The molecule has 0 amide bonds. The fraction of sp³-hybridized carbons (Fsp3) is 0.189. The third-order valence-electron chi connectivity index (χ3n) is 7.47. The first-order valence-corrected chi connectivity index (χ1v) is 15.5. The largest absolute Gasteiger partial charge is 0.490 e. The van der Waals surface area contributed by atoms with Crippen molar-refractivity contribution in [2.45, 2.75) is 46.0 Å². The topological polar surface area (TPSA) is 159 Å². The Hall–Kier alpha value is -6.25. The van der Waals surface area contributed by atoms with Crippen LogP contribution in [0.2, 0.25) is 0 Å². The number of carboxylic acid groups (broad SMARTS) is 2. The van der Waals surface area contributed by atoms with Crippen LogP contribution in [0.15, 0.2) is 84.9 Å². The Kier molecular flexibility index (Phi) is 11.7. The predicted molar refractivity (Wildman–Crippen MR) is 185 cm³/mol. The minimum Gasteiger partial charge on any atom is -0.478 e. The molecule has 0 aliphatic carbocycles. The van der Waals surface area contributed by atoms with E-state index in [0.717, 1.165) is 16.3 Å². The second kappa shape index (κ2) is 15.7. The van der Waals surface area contributed by atoms with Crippen LogP contribution in [0.1, 0.15) is 43.6 Å². The second-order valence-corrected chi connectivity index (χ2v) is 11.8. The highest BCUT2D eigenvalue weighted by Crippen LogP contribution is 2.40. The van der Waals surface area contributed by atoms with Gasteiger partial charge in [0.1, 0.15) is 28.6 Å². The number of alkyl halides is 3. The van der Waals surface area contributed by atoms with Gasteiger partial charge in [0.15, 0.2) is 0 Å². The molecule has 0 bridgehead atoms. The van der Waals surface area contributed by atoms with Crippen molar-refractivity contribution in [1.29, 1.82) is 5.41 Å². The number of hydrogen-bond acceptors (Lipinski definition) is 7. The van der Waals surface area contributed by atoms with Gasteiger partial charge in [-0.05, 0) is 79.9 Å². The molecule has 0 saturated heterocycles. The van der Waals surface area contributed by atoms with Gasteiger partial charge in [-0.1, -0.05) is 54.6 Å². The number of nitrogens with zero attached hydrogens (tertiary/aromatic N) is 2. The van der Waals surface area contributed by atoms with E-state index in [1.165, 1.54) is 29.2 Å². The molecule has 52 heavy (non-hydrogen) atoms. The zero-order valence-corrected chi connectivity index (χ0v) is 28.1. The Morgan fingerprint density at radius 3 is 1.90 bits per heavy atom. The van der Waals surface area contributed by atoms with Crippen molar-refractivity contribution < 1.29 is 51.2 Å². The molecule has 1 aromatic heterocycles. The van der Waals surface area contributed by atoms with Crippen LogP contribution >= 0.6 is 0 Å². The van der Waals surface area contributed by atoms with Crippen LogP contribution in [-0.4, -0.2) is 51.2 Å². The number of pyridine rings is 1. The van der Waals surface area contributed by atoms with Gasteiger partial charge in [0.2, 0.25) is 11.6 Å². The number of benzene rings is 4. The molecule has 0 radical (unpaired) electrons. The molecule has 272 valence electrons. The normalized spacial score (nSPS) is 11.2. The number of nitrogen functional groups attached to an aromatic ring is 1. The van der Waals surface area contributed by atoms with E-state index in [1.54, 1.807) is 45.9 Å². The highest BCUT2D eigenvalue weighted by atomic mass is 19.4. The quantitative estimate of drug-likeness (QED) is 0.0626. The van der Waals surface area contributed by atoms with E-state index in [-0.39, 0.29) is 35.0 Å². The zero-order valence-electron chi connectivity index (χ0n) is 28.1. The molecule has 5 rings (SSSR count). The van der Waals surface area contributed by atoms with E-state index in [2.05, 4.69) is 4.98 Å². The minimum atomic E-state index is -5.08.